The van der Waals surface area contributed by atoms with E-state index in [0.717, 1.165) is 23.1 Å². The van der Waals surface area contributed by atoms with Crippen molar-refractivity contribution in [1.29, 1.82) is 0 Å². The van der Waals surface area contributed by atoms with Gasteiger partial charge >= 0.3 is 0 Å². The maximum absolute atomic E-state index is 14.6. The predicted octanol–water partition coefficient (Wildman–Crippen LogP) is 5.04. The molecule has 9 heteroatoms. The summed E-state index contributed by atoms with van der Waals surface area (Å²) in [7, 11) is 0. The van der Waals surface area contributed by atoms with Gasteiger partial charge < -0.3 is 9.84 Å². The fraction of sp³-hybridized carbons (Fsp3) is 0.125. The minimum Gasteiger partial charge on any atom is -0.507 e. The number of rotatable bonds is 5. The first-order valence-corrected chi connectivity index (χ1v) is 10.3. The van der Waals surface area contributed by atoms with Gasteiger partial charge in [-0.05, 0) is 48.9 Å². The molecule has 2 aromatic carbocycles. The Morgan fingerprint density at radius 3 is 2.67 bits per heavy atom. The lowest BCUT2D eigenvalue weighted by Crippen LogP contribution is -2.30. The van der Waals surface area contributed by atoms with Gasteiger partial charge in [0.2, 0.25) is 0 Å². The lowest BCUT2D eigenvalue weighted by atomic mass is 9.96. The van der Waals surface area contributed by atoms with Gasteiger partial charge in [-0.1, -0.05) is 17.7 Å². The zero-order chi connectivity index (χ0) is 23.7. The number of ketones is 1. The highest BCUT2D eigenvalue weighted by Gasteiger charge is 2.48. The van der Waals surface area contributed by atoms with E-state index in [4.69, 9.17) is 16.3 Å². The maximum atomic E-state index is 14.6. The number of anilines is 1. The van der Waals surface area contributed by atoms with Crippen LogP contribution in [0.2, 0.25) is 5.02 Å². The molecule has 3 aromatic rings. The average Bonchev–Trinajstić information content (AvgIpc) is 3.07. The first-order chi connectivity index (χ1) is 15.8. The largest absolute Gasteiger partial charge is 0.507 e. The number of aliphatic hydroxyl groups is 1. The van der Waals surface area contributed by atoms with Gasteiger partial charge in [-0.3, -0.25) is 19.5 Å². The SMILES string of the molecule is CCOc1cc(/C(O)=C2\C(=O)C(=O)N(c3cc(F)ccc3F)C2c2cccnc2)ccc1Cl. The van der Waals surface area contributed by atoms with Crippen molar-refractivity contribution in [2.24, 2.45) is 0 Å². The fourth-order valence-corrected chi connectivity index (χ4v) is 3.85. The van der Waals surface area contributed by atoms with Gasteiger partial charge in [0.1, 0.15) is 23.1 Å². The molecule has 33 heavy (non-hydrogen) atoms. The van der Waals surface area contributed by atoms with Crippen molar-refractivity contribution in [3.63, 3.8) is 0 Å². The molecule has 1 aliphatic rings. The highest BCUT2D eigenvalue weighted by atomic mass is 35.5. The van der Waals surface area contributed by atoms with Crippen molar-refractivity contribution in [3.05, 3.63) is 94.3 Å². The van der Waals surface area contributed by atoms with Crippen LogP contribution in [0.4, 0.5) is 14.5 Å². The predicted molar refractivity (Wildman–Crippen MR) is 118 cm³/mol. The van der Waals surface area contributed by atoms with Crippen LogP contribution in [0.1, 0.15) is 24.1 Å². The van der Waals surface area contributed by atoms with Crippen molar-refractivity contribution in [2.45, 2.75) is 13.0 Å². The van der Waals surface area contributed by atoms with E-state index < -0.39 is 40.8 Å². The third-order valence-electron chi connectivity index (χ3n) is 5.12. The Labute approximate surface area is 192 Å². The minimum atomic E-state index is -1.25. The topological polar surface area (TPSA) is 79.7 Å². The normalized spacial score (nSPS) is 17.5. The number of amides is 1. The maximum Gasteiger partial charge on any atom is 0.300 e. The van der Waals surface area contributed by atoms with Crippen LogP contribution in [-0.4, -0.2) is 28.4 Å². The van der Waals surface area contributed by atoms with Crippen molar-refractivity contribution in [3.8, 4) is 5.75 Å². The molecule has 1 atom stereocenters. The molecule has 1 aliphatic heterocycles. The number of aliphatic hydroxyl groups excluding tert-OH is 1. The number of halogens is 3. The number of carbonyl (C=O) groups excluding carboxylic acids is 2. The zero-order valence-electron chi connectivity index (χ0n) is 17.3. The van der Waals surface area contributed by atoms with Gasteiger partial charge in [0, 0.05) is 24.0 Å². The number of carbonyl (C=O) groups is 2. The summed E-state index contributed by atoms with van der Waals surface area (Å²) in [4.78, 5) is 30.9. The molecule has 2 heterocycles. The monoisotopic (exact) mass is 470 g/mol. The number of hydrogen-bond acceptors (Lipinski definition) is 5. The van der Waals surface area contributed by atoms with Crippen LogP contribution in [0.5, 0.6) is 5.75 Å². The number of aromatic nitrogens is 1. The van der Waals surface area contributed by atoms with Crippen LogP contribution < -0.4 is 9.64 Å². The molecular weight excluding hydrogens is 454 g/mol. The standard InChI is InChI=1S/C24H17ClF2N2O4/c1-2-33-19-10-13(5-7-16(19)25)22(30)20-21(14-4-3-9-28-12-14)29(24(32)23(20)31)18-11-15(26)6-8-17(18)27/h3-12,21,30H,2H2,1H3/b22-20+. The van der Waals surface area contributed by atoms with Gasteiger partial charge in [-0.25, -0.2) is 8.78 Å². The molecule has 6 nitrogen and oxygen atoms in total. The number of ether oxygens (including phenoxy) is 1. The Morgan fingerprint density at radius 1 is 1.18 bits per heavy atom. The van der Waals surface area contributed by atoms with Crippen LogP contribution in [-0.2, 0) is 9.59 Å². The zero-order valence-corrected chi connectivity index (χ0v) is 18.0. The van der Waals surface area contributed by atoms with E-state index in [2.05, 4.69) is 4.98 Å². The molecule has 0 bridgehead atoms. The second-order valence-corrected chi connectivity index (χ2v) is 7.54. The smallest absolute Gasteiger partial charge is 0.300 e. The molecule has 168 valence electrons. The lowest BCUT2D eigenvalue weighted by molar-refractivity contribution is -0.132. The molecule has 4 rings (SSSR count). The molecule has 1 aromatic heterocycles. The molecule has 0 spiro atoms. The molecule has 0 saturated carbocycles. The van der Waals surface area contributed by atoms with E-state index >= 15 is 0 Å². The summed E-state index contributed by atoms with van der Waals surface area (Å²) in [6, 6.07) is 8.81. The molecular formula is C24H17ClF2N2O4. The average molecular weight is 471 g/mol. The summed E-state index contributed by atoms with van der Waals surface area (Å²) in [5.74, 6) is -4.12. The summed E-state index contributed by atoms with van der Waals surface area (Å²) < 4.78 is 34.0. The Balaban J connectivity index is 1.95. The van der Waals surface area contributed by atoms with Crippen molar-refractivity contribution >= 4 is 34.7 Å². The molecule has 0 radical (unpaired) electrons. The summed E-state index contributed by atoms with van der Waals surface area (Å²) >= 11 is 6.11. The summed E-state index contributed by atoms with van der Waals surface area (Å²) in [6.07, 6.45) is 2.85. The van der Waals surface area contributed by atoms with Crippen LogP contribution in [0.15, 0.2) is 66.5 Å². The Kier molecular flexibility index (Phi) is 6.11. The van der Waals surface area contributed by atoms with E-state index in [1.165, 1.54) is 30.6 Å². The molecule has 1 amide bonds. The van der Waals surface area contributed by atoms with Gasteiger partial charge in [-0.15, -0.1) is 0 Å². The number of nitrogens with zero attached hydrogens (tertiary/aromatic N) is 2. The quantitative estimate of drug-likeness (QED) is 0.321. The van der Waals surface area contributed by atoms with Crippen LogP contribution in [0, 0.1) is 11.6 Å². The van der Waals surface area contributed by atoms with Gasteiger partial charge in [0.05, 0.1) is 28.9 Å². The van der Waals surface area contributed by atoms with Gasteiger partial charge in [0.15, 0.2) is 0 Å². The second-order valence-electron chi connectivity index (χ2n) is 7.13. The second kappa shape index (κ2) is 8.99. The number of hydrogen-bond donors (Lipinski definition) is 1. The lowest BCUT2D eigenvalue weighted by Gasteiger charge is -2.25. The molecule has 1 fully saturated rings. The minimum absolute atomic E-state index is 0.162. The third-order valence-corrected chi connectivity index (χ3v) is 5.43. The van der Waals surface area contributed by atoms with E-state index in [1.807, 2.05) is 0 Å². The van der Waals surface area contributed by atoms with Crippen molar-refractivity contribution in [2.75, 3.05) is 11.5 Å². The van der Waals surface area contributed by atoms with Gasteiger partial charge in [0.25, 0.3) is 11.7 Å². The van der Waals surface area contributed by atoms with E-state index in [0.29, 0.717) is 17.2 Å². The summed E-state index contributed by atoms with van der Waals surface area (Å²) in [5, 5.41) is 11.4. The van der Waals surface area contributed by atoms with Crippen molar-refractivity contribution in [1.82, 2.24) is 4.98 Å². The molecule has 1 N–H and O–H groups in total. The van der Waals surface area contributed by atoms with E-state index in [9.17, 15) is 23.5 Å². The Morgan fingerprint density at radius 2 is 1.97 bits per heavy atom. The Bertz CT molecular complexity index is 1280. The van der Waals surface area contributed by atoms with Crippen molar-refractivity contribution < 1.29 is 28.2 Å². The molecule has 0 aliphatic carbocycles. The van der Waals surface area contributed by atoms with Crippen LogP contribution in [0.25, 0.3) is 5.76 Å². The Hall–Kier alpha value is -3.78. The molecule has 1 unspecified atom stereocenters. The van der Waals surface area contributed by atoms with Crippen LogP contribution >= 0.6 is 11.6 Å². The first-order valence-electron chi connectivity index (χ1n) is 9.92. The number of benzene rings is 2. The first kappa shape index (κ1) is 22.4. The number of pyridine rings is 1. The van der Waals surface area contributed by atoms with Crippen LogP contribution in [0.3, 0.4) is 0 Å². The summed E-state index contributed by atoms with van der Waals surface area (Å²) in [5.41, 5.74) is -0.257. The van der Waals surface area contributed by atoms with Gasteiger partial charge in [-0.2, -0.15) is 0 Å². The highest BCUT2D eigenvalue weighted by Crippen LogP contribution is 2.43. The fourth-order valence-electron chi connectivity index (χ4n) is 3.68. The van der Waals surface area contributed by atoms with E-state index in [1.54, 1.807) is 19.1 Å². The summed E-state index contributed by atoms with van der Waals surface area (Å²) in [6.45, 7) is 2.06. The third kappa shape index (κ3) is 4.05. The molecule has 1 saturated heterocycles. The number of Topliss-reactive ketones (excluding diaryl/α,β-unsaturated/α-hetero) is 1. The highest BCUT2D eigenvalue weighted by molar-refractivity contribution is 6.51. The van der Waals surface area contributed by atoms with E-state index in [-0.39, 0.29) is 16.9 Å².